The smallest absolute Gasteiger partial charge is 0.251 e. The van der Waals surface area contributed by atoms with Gasteiger partial charge in [0.1, 0.15) is 0 Å². The molecule has 1 N–H and O–H groups in total. The van der Waals surface area contributed by atoms with E-state index in [1.54, 1.807) is 0 Å². The lowest BCUT2D eigenvalue weighted by atomic mass is 9.88. The first-order valence-corrected chi connectivity index (χ1v) is 6.11. The van der Waals surface area contributed by atoms with Crippen LogP contribution < -0.4 is 5.32 Å². The molecule has 0 bridgehead atoms. The van der Waals surface area contributed by atoms with Crippen molar-refractivity contribution in [2.75, 3.05) is 6.54 Å². The third-order valence-electron chi connectivity index (χ3n) is 2.90. The van der Waals surface area contributed by atoms with E-state index in [0.717, 1.165) is 24.1 Å². The van der Waals surface area contributed by atoms with Crippen molar-refractivity contribution in [3.05, 3.63) is 34.9 Å². The Bertz CT molecular complexity index is 371. The summed E-state index contributed by atoms with van der Waals surface area (Å²) in [6.45, 7) is 8.96. The maximum Gasteiger partial charge on any atom is 0.251 e. The highest BCUT2D eigenvalue weighted by molar-refractivity contribution is 5.97. The number of benzene rings is 1. The van der Waals surface area contributed by atoms with Crippen molar-refractivity contribution in [2.45, 2.75) is 40.0 Å². The third kappa shape index (κ3) is 2.43. The van der Waals surface area contributed by atoms with Gasteiger partial charge in [0.25, 0.3) is 5.91 Å². The van der Waals surface area contributed by atoms with Crippen molar-refractivity contribution in [2.24, 2.45) is 0 Å². The van der Waals surface area contributed by atoms with Crippen LogP contribution in [0.2, 0.25) is 0 Å². The fourth-order valence-corrected chi connectivity index (χ4v) is 2.01. The molecule has 0 saturated carbocycles. The number of aryl methyl sites for hydroxylation is 1. The number of amides is 1. The molecule has 0 radical (unpaired) electrons. The number of hydrogen-bond donors (Lipinski definition) is 1. The standard InChI is InChI=1S/C12H15NO.C2H6/c1-3-9-7-13-12(14)11-6-8(2)4-5-10(9)11;1-2/h4-6,9H,3,7H2,1-2H3,(H,13,14);1-2H3/t9-;/m0./s1. The second-order valence-electron chi connectivity index (χ2n) is 3.91. The molecule has 1 amide bonds. The van der Waals surface area contributed by atoms with Crippen LogP contribution in [0, 0.1) is 6.92 Å². The number of fused-ring (bicyclic) bond motifs is 1. The SMILES string of the molecule is CC.CC[C@H]1CNC(=O)c2cc(C)ccc21. The van der Waals surface area contributed by atoms with E-state index >= 15 is 0 Å². The van der Waals surface area contributed by atoms with Crippen LogP contribution in [0.1, 0.15) is 54.6 Å². The first-order valence-electron chi connectivity index (χ1n) is 6.11. The van der Waals surface area contributed by atoms with E-state index in [4.69, 9.17) is 0 Å². The highest BCUT2D eigenvalue weighted by Gasteiger charge is 2.23. The molecule has 1 aromatic carbocycles. The van der Waals surface area contributed by atoms with Gasteiger partial charge >= 0.3 is 0 Å². The normalized spacial score (nSPS) is 18.0. The highest BCUT2D eigenvalue weighted by atomic mass is 16.1. The molecule has 2 heteroatoms. The third-order valence-corrected chi connectivity index (χ3v) is 2.90. The molecule has 0 aromatic heterocycles. The average molecular weight is 219 g/mol. The summed E-state index contributed by atoms with van der Waals surface area (Å²) in [6, 6.07) is 6.16. The van der Waals surface area contributed by atoms with E-state index in [-0.39, 0.29) is 5.91 Å². The van der Waals surface area contributed by atoms with Gasteiger partial charge in [-0.3, -0.25) is 4.79 Å². The molecule has 0 aliphatic carbocycles. The number of carbonyl (C=O) groups is 1. The van der Waals surface area contributed by atoms with Gasteiger partial charge in [0.15, 0.2) is 0 Å². The molecule has 0 saturated heterocycles. The van der Waals surface area contributed by atoms with Crippen LogP contribution in [0.5, 0.6) is 0 Å². The Balaban J connectivity index is 0.000000606. The van der Waals surface area contributed by atoms with Crippen molar-refractivity contribution in [1.29, 1.82) is 0 Å². The molecule has 1 aliphatic rings. The van der Waals surface area contributed by atoms with Gasteiger partial charge in [-0.05, 0) is 25.0 Å². The van der Waals surface area contributed by atoms with Crippen LogP contribution in [0.15, 0.2) is 18.2 Å². The van der Waals surface area contributed by atoms with E-state index in [9.17, 15) is 4.79 Å². The molecular formula is C14H21NO. The predicted molar refractivity (Wildman–Crippen MR) is 67.9 cm³/mol. The average Bonchev–Trinajstić information content (AvgIpc) is 2.33. The van der Waals surface area contributed by atoms with Gasteiger partial charge in [0.05, 0.1) is 0 Å². The molecular weight excluding hydrogens is 198 g/mol. The zero-order valence-electron chi connectivity index (χ0n) is 10.6. The lowest BCUT2D eigenvalue weighted by molar-refractivity contribution is 0.0939. The zero-order chi connectivity index (χ0) is 12.1. The topological polar surface area (TPSA) is 29.1 Å². The predicted octanol–water partition coefficient (Wildman–Crippen LogP) is 3.26. The molecule has 0 spiro atoms. The molecule has 1 heterocycles. The number of hydrogen-bond acceptors (Lipinski definition) is 1. The van der Waals surface area contributed by atoms with Gasteiger partial charge in [-0.2, -0.15) is 0 Å². The Morgan fingerprint density at radius 2 is 2.06 bits per heavy atom. The Morgan fingerprint density at radius 1 is 1.38 bits per heavy atom. The van der Waals surface area contributed by atoms with E-state index < -0.39 is 0 Å². The molecule has 16 heavy (non-hydrogen) atoms. The van der Waals surface area contributed by atoms with Crippen LogP contribution in [0.3, 0.4) is 0 Å². The van der Waals surface area contributed by atoms with Crippen LogP contribution in [0.25, 0.3) is 0 Å². The fraction of sp³-hybridized carbons (Fsp3) is 0.500. The number of carbonyl (C=O) groups excluding carboxylic acids is 1. The minimum absolute atomic E-state index is 0.0772. The Labute approximate surface area is 98.1 Å². The van der Waals surface area contributed by atoms with E-state index in [1.165, 1.54) is 5.56 Å². The summed E-state index contributed by atoms with van der Waals surface area (Å²) in [5, 5.41) is 2.93. The molecule has 1 aromatic rings. The van der Waals surface area contributed by atoms with Gasteiger partial charge in [-0.15, -0.1) is 0 Å². The number of rotatable bonds is 1. The van der Waals surface area contributed by atoms with Gasteiger partial charge in [-0.1, -0.05) is 38.5 Å². The zero-order valence-corrected chi connectivity index (χ0v) is 10.6. The fourth-order valence-electron chi connectivity index (χ4n) is 2.01. The van der Waals surface area contributed by atoms with E-state index in [2.05, 4.69) is 24.4 Å². The molecule has 2 nitrogen and oxygen atoms in total. The van der Waals surface area contributed by atoms with Crippen molar-refractivity contribution in [3.63, 3.8) is 0 Å². The van der Waals surface area contributed by atoms with Crippen molar-refractivity contribution >= 4 is 5.91 Å². The quantitative estimate of drug-likeness (QED) is 0.771. The molecule has 0 fully saturated rings. The van der Waals surface area contributed by atoms with Crippen LogP contribution in [-0.4, -0.2) is 12.5 Å². The molecule has 1 atom stereocenters. The Morgan fingerprint density at radius 3 is 2.69 bits per heavy atom. The maximum absolute atomic E-state index is 11.6. The first-order chi connectivity index (χ1) is 7.72. The summed E-state index contributed by atoms with van der Waals surface area (Å²) in [5.74, 6) is 0.566. The lowest BCUT2D eigenvalue weighted by Gasteiger charge is -2.24. The lowest BCUT2D eigenvalue weighted by Crippen LogP contribution is -2.34. The molecule has 88 valence electrons. The van der Waals surface area contributed by atoms with Crippen molar-refractivity contribution in [3.8, 4) is 0 Å². The minimum atomic E-state index is 0.0772. The number of nitrogens with one attached hydrogen (secondary N) is 1. The Kier molecular flexibility index (Phi) is 4.53. The maximum atomic E-state index is 11.6. The first kappa shape index (κ1) is 12.8. The molecule has 0 unspecified atom stereocenters. The van der Waals surface area contributed by atoms with Gasteiger partial charge in [0, 0.05) is 18.0 Å². The largest absolute Gasteiger partial charge is 0.351 e. The second kappa shape index (κ2) is 5.69. The summed E-state index contributed by atoms with van der Waals surface area (Å²) >= 11 is 0. The van der Waals surface area contributed by atoms with Gasteiger partial charge < -0.3 is 5.32 Å². The molecule has 2 rings (SSSR count). The summed E-state index contributed by atoms with van der Waals surface area (Å²) < 4.78 is 0. The van der Waals surface area contributed by atoms with Crippen molar-refractivity contribution in [1.82, 2.24) is 5.32 Å². The highest BCUT2D eigenvalue weighted by Crippen LogP contribution is 2.26. The summed E-state index contributed by atoms with van der Waals surface area (Å²) in [7, 11) is 0. The van der Waals surface area contributed by atoms with Crippen LogP contribution >= 0.6 is 0 Å². The second-order valence-corrected chi connectivity index (χ2v) is 3.91. The molecule has 1 aliphatic heterocycles. The summed E-state index contributed by atoms with van der Waals surface area (Å²) in [4.78, 5) is 11.6. The monoisotopic (exact) mass is 219 g/mol. The van der Waals surface area contributed by atoms with E-state index in [0.29, 0.717) is 5.92 Å². The van der Waals surface area contributed by atoms with Gasteiger partial charge in [0.2, 0.25) is 0 Å². The van der Waals surface area contributed by atoms with Crippen LogP contribution in [-0.2, 0) is 0 Å². The summed E-state index contributed by atoms with van der Waals surface area (Å²) in [5.41, 5.74) is 3.22. The van der Waals surface area contributed by atoms with Gasteiger partial charge in [-0.25, -0.2) is 0 Å². The van der Waals surface area contributed by atoms with Crippen LogP contribution in [0.4, 0.5) is 0 Å². The minimum Gasteiger partial charge on any atom is -0.351 e. The Hall–Kier alpha value is -1.31. The van der Waals surface area contributed by atoms with Crippen molar-refractivity contribution < 1.29 is 4.79 Å². The summed E-state index contributed by atoms with van der Waals surface area (Å²) in [6.07, 6.45) is 1.08. The van der Waals surface area contributed by atoms with E-state index in [1.807, 2.05) is 26.8 Å².